The predicted molar refractivity (Wildman–Crippen MR) is 78.7 cm³/mol. The maximum absolute atomic E-state index is 11.9. The van der Waals surface area contributed by atoms with Gasteiger partial charge in [-0.2, -0.15) is 5.26 Å². The molecule has 3 N–H and O–H groups in total. The van der Waals surface area contributed by atoms with Crippen molar-refractivity contribution in [2.45, 2.75) is 32.2 Å². The van der Waals surface area contributed by atoms with Gasteiger partial charge in [0.15, 0.2) is 0 Å². The van der Waals surface area contributed by atoms with Crippen LogP contribution < -0.4 is 10.6 Å². The monoisotopic (exact) mass is 289 g/mol. The number of nitrogens with one attached hydrogen (secondary N) is 2. The fraction of sp³-hybridized carbons (Fsp3) is 0.400. The number of anilines is 1. The lowest BCUT2D eigenvalue weighted by atomic mass is 9.93. The number of aliphatic carboxylic acids is 1. The van der Waals surface area contributed by atoms with Crippen LogP contribution in [-0.2, 0) is 9.59 Å². The highest BCUT2D eigenvalue weighted by atomic mass is 16.4. The number of rotatable bonds is 7. The van der Waals surface area contributed by atoms with Crippen molar-refractivity contribution in [1.82, 2.24) is 5.32 Å². The Morgan fingerprint density at radius 1 is 1.29 bits per heavy atom. The van der Waals surface area contributed by atoms with Gasteiger partial charge in [0.2, 0.25) is 5.91 Å². The van der Waals surface area contributed by atoms with E-state index in [0.717, 1.165) is 0 Å². The minimum absolute atomic E-state index is 0.131. The van der Waals surface area contributed by atoms with E-state index in [9.17, 15) is 14.7 Å². The van der Waals surface area contributed by atoms with Crippen LogP contribution in [0.1, 0.15) is 32.3 Å². The van der Waals surface area contributed by atoms with Crippen LogP contribution in [0.15, 0.2) is 24.3 Å². The molecule has 0 aromatic heterocycles. The van der Waals surface area contributed by atoms with Gasteiger partial charge in [0.05, 0.1) is 17.8 Å². The van der Waals surface area contributed by atoms with E-state index in [4.69, 9.17) is 5.26 Å². The van der Waals surface area contributed by atoms with Crippen molar-refractivity contribution >= 4 is 17.6 Å². The van der Waals surface area contributed by atoms with Gasteiger partial charge in [-0.15, -0.1) is 0 Å². The lowest BCUT2D eigenvalue weighted by Crippen LogP contribution is -2.53. The molecule has 0 fully saturated rings. The number of carbonyl (C=O) groups is 2. The van der Waals surface area contributed by atoms with E-state index in [1.54, 1.807) is 38.1 Å². The third-order valence-corrected chi connectivity index (χ3v) is 3.53. The smallest absolute Gasteiger partial charge is 0.323 e. The third kappa shape index (κ3) is 4.04. The maximum atomic E-state index is 11.9. The number of para-hydroxylation sites is 1. The van der Waals surface area contributed by atoms with Crippen molar-refractivity contribution in [3.63, 3.8) is 0 Å². The summed E-state index contributed by atoms with van der Waals surface area (Å²) in [4.78, 5) is 23.2. The minimum Gasteiger partial charge on any atom is -0.480 e. The van der Waals surface area contributed by atoms with Crippen molar-refractivity contribution < 1.29 is 14.7 Å². The van der Waals surface area contributed by atoms with Gasteiger partial charge in [0, 0.05) is 0 Å². The highest BCUT2D eigenvalue weighted by Crippen LogP contribution is 2.16. The van der Waals surface area contributed by atoms with Crippen molar-refractivity contribution in [3.8, 4) is 6.07 Å². The molecule has 0 aliphatic rings. The molecule has 6 nitrogen and oxygen atoms in total. The fourth-order valence-corrected chi connectivity index (χ4v) is 2.01. The average molecular weight is 289 g/mol. The van der Waals surface area contributed by atoms with E-state index in [2.05, 4.69) is 10.6 Å². The number of carboxylic acid groups (broad SMARTS) is 1. The maximum Gasteiger partial charge on any atom is 0.323 e. The van der Waals surface area contributed by atoms with Crippen LogP contribution in [0.2, 0.25) is 0 Å². The molecular weight excluding hydrogens is 270 g/mol. The molecule has 1 amide bonds. The Morgan fingerprint density at radius 3 is 2.43 bits per heavy atom. The Labute approximate surface area is 123 Å². The first-order valence-corrected chi connectivity index (χ1v) is 6.76. The largest absolute Gasteiger partial charge is 0.480 e. The van der Waals surface area contributed by atoms with Crippen LogP contribution in [-0.4, -0.2) is 29.1 Å². The van der Waals surface area contributed by atoms with Gasteiger partial charge >= 0.3 is 5.97 Å². The summed E-state index contributed by atoms with van der Waals surface area (Å²) in [6.07, 6.45) is 0.752. The molecule has 1 aromatic carbocycles. The highest BCUT2D eigenvalue weighted by molar-refractivity contribution is 5.94. The van der Waals surface area contributed by atoms with Gasteiger partial charge in [0.1, 0.15) is 11.6 Å². The van der Waals surface area contributed by atoms with Crippen LogP contribution in [0.4, 0.5) is 5.69 Å². The second-order valence-corrected chi connectivity index (χ2v) is 4.65. The summed E-state index contributed by atoms with van der Waals surface area (Å²) in [5, 5.41) is 23.6. The lowest BCUT2D eigenvalue weighted by Gasteiger charge is -2.27. The molecule has 0 saturated carbocycles. The number of carboxylic acids is 1. The molecule has 0 spiro atoms. The summed E-state index contributed by atoms with van der Waals surface area (Å²) in [5.74, 6) is -1.36. The third-order valence-electron chi connectivity index (χ3n) is 3.53. The predicted octanol–water partition coefficient (Wildman–Crippen LogP) is 1.73. The number of carbonyl (C=O) groups excluding carboxylic acids is 1. The summed E-state index contributed by atoms with van der Waals surface area (Å²) in [6.45, 7) is 3.38. The topological polar surface area (TPSA) is 102 Å². The van der Waals surface area contributed by atoms with Gasteiger partial charge in [0.25, 0.3) is 0 Å². The average Bonchev–Trinajstić information content (AvgIpc) is 2.49. The van der Waals surface area contributed by atoms with Crippen LogP contribution in [0.5, 0.6) is 0 Å². The zero-order valence-electron chi connectivity index (χ0n) is 12.1. The first kappa shape index (κ1) is 16.7. The molecule has 0 saturated heterocycles. The molecule has 0 radical (unpaired) electrons. The molecule has 0 aliphatic heterocycles. The second-order valence-electron chi connectivity index (χ2n) is 4.65. The van der Waals surface area contributed by atoms with Crippen molar-refractivity contribution in [1.29, 1.82) is 5.26 Å². The van der Waals surface area contributed by atoms with Gasteiger partial charge in [-0.1, -0.05) is 26.0 Å². The van der Waals surface area contributed by atoms with E-state index in [1.165, 1.54) is 0 Å². The first-order valence-electron chi connectivity index (χ1n) is 6.76. The van der Waals surface area contributed by atoms with Crippen molar-refractivity contribution in [3.05, 3.63) is 29.8 Å². The second kappa shape index (κ2) is 7.41. The molecule has 0 atom stereocenters. The number of benzene rings is 1. The van der Waals surface area contributed by atoms with E-state index in [0.29, 0.717) is 24.1 Å². The Hall–Kier alpha value is -2.39. The van der Waals surface area contributed by atoms with E-state index < -0.39 is 11.5 Å². The van der Waals surface area contributed by atoms with E-state index >= 15 is 0 Å². The summed E-state index contributed by atoms with van der Waals surface area (Å²) >= 11 is 0. The first-order chi connectivity index (χ1) is 9.99. The molecule has 21 heavy (non-hydrogen) atoms. The zero-order chi connectivity index (χ0) is 15.9. The quantitative estimate of drug-likeness (QED) is 0.709. The van der Waals surface area contributed by atoms with Crippen LogP contribution in [0, 0.1) is 11.3 Å². The van der Waals surface area contributed by atoms with Crippen LogP contribution in [0.3, 0.4) is 0 Å². The molecule has 1 rings (SSSR count). The van der Waals surface area contributed by atoms with Crippen LogP contribution in [0.25, 0.3) is 0 Å². The SMILES string of the molecule is CCC(CC)(NCC(=O)Nc1ccccc1C#N)C(=O)O. The van der Waals surface area contributed by atoms with Gasteiger partial charge in [-0.05, 0) is 25.0 Å². The Morgan fingerprint density at radius 2 is 1.90 bits per heavy atom. The number of hydrogen-bond acceptors (Lipinski definition) is 4. The Kier molecular flexibility index (Phi) is 5.88. The summed E-state index contributed by atoms with van der Waals surface area (Å²) in [6, 6.07) is 8.63. The van der Waals surface area contributed by atoms with Gasteiger partial charge in [-0.3, -0.25) is 14.9 Å². The normalized spacial score (nSPS) is 10.7. The molecular formula is C15H19N3O3. The number of amides is 1. The summed E-state index contributed by atoms with van der Waals surface area (Å²) in [5.41, 5.74) is -0.325. The molecule has 6 heteroatoms. The number of hydrogen-bond donors (Lipinski definition) is 3. The Balaban J connectivity index is 2.70. The van der Waals surface area contributed by atoms with Crippen LogP contribution >= 0.6 is 0 Å². The van der Waals surface area contributed by atoms with E-state index in [1.807, 2.05) is 6.07 Å². The van der Waals surface area contributed by atoms with Crippen molar-refractivity contribution in [2.24, 2.45) is 0 Å². The van der Waals surface area contributed by atoms with E-state index in [-0.39, 0.29) is 12.5 Å². The number of nitriles is 1. The van der Waals surface area contributed by atoms with Gasteiger partial charge in [-0.25, -0.2) is 0 Å². The Bertz CT molecular complexity index is 560. The molecule has 0 bridgehead atoms. The number of nitrogens with zero attached hydrogens (tertiary/aromatic N) is 1. The fourth-order valence-electron chi connectivity index (χ4n) is 2.01. The standard InChI is InChI=1S/C15H19N3O3/c1-3-15(4-2,14(20)21)17-10-13(19)18-12-8-6-5-7-11(12)9-16/h5-8,17H,3-4,10H2,1-2H3,(H,18,19)(H,20,21). The minimum atomic E-state index is -1.11. The lowest BCUT2D eigenvalue weighted by molar-refractivity contribution is -0.145. The summed E-state index contributed by atoms with van der Waals surface area (Å²) in [7, 11) is 0. The summed E-state index contributed by atoms with van der Waals surface area (Å²) < 4.78 is 0. The molecule has 112 valence electrons. The molecule has 1 aromatic rings. The molecule has 0 aliphatic carbocycles. The van der Waals surface area contributed by atoms with Crippen molar-refractivity contribution in [2.75, 3.05) is 11.9 Å². The zero-order valence-corrected chi connectivity index (χ0v) is 12.1. The molecule has 0 heterocycles. The molecule has 0 unspecified atom stereocenters. The highest BCUT2D eigenvalue weighted by Gasteiger charge is 2.34. The van der Waals surface area contributed by atoms with Gasteiger partial charge < -0.3 is 10.4 Å².